The van der Waals surface area contributed by atoms with Crippen LogP contribution in [0.2, 0.25) is 0 Å². The molecule has 3 rings (SSSR count). The number of carbonyl (C=O) groups excluding carboxylic acids is 1. The summed E-state index contributed by atoms with van der Waals surface area (Å²) in [5, 5.41) is 19.7. The second-order valence-corrected chi connectivity index (χ2v) is 6.14. The average Bonchev–Trinajstić information content (AvgIpc) is 3.13. The van der Waals surface area contributed by atoms with Gasteiger partial charge in [-0.1, -0.05) is 6.08 Å². The van der Waals surface area contributed by atoms with Crippen molar-refractivity contribution in [1.29, 1.82) is 0 Å². The van der Waals surface area contributed by atoms with E-state index in [0.29, 0.717) is 21.9 Å². The number of nitrogens with zero attached hydrogens (tertiary/aromatic N) is 2. The van der Waals surface area contributed by atoms with Gasteiger partial charge in [0.1, 0.15) is 16.6 Å². The number of carboxylic acid groups (broad SMARTS) is 1. The first kappa shape index (κ1) is 16.7. The molecule has 0 saturated heterocycles. The molecule has 0 unspecified atom stereocenters. The van der Waals surface area contributed by atoms with E-state index in [1.807, 2.05) is 6.92 Å². The van der Waals surface area contributed by atoms with Gasteiger partial charge in [0, 0.05) is 6.07 Å². The molecule has 1 aromatic carbocycles. The highest BCUT2D eigenvalue weighted by Gasteiger charge is 2.20. The summed E-state index contributed by atoms with van der Waals surface area (Å²) in [6.07, 6.45) is 3.56. The zero-order valence-corrected chi connectivity index (χ0v) is 14.2. The van der Waals surface area contributed by atoms with Gasteiger partial charge in [0.05, 0.1) is 23.7 Å². The number of methoxy groups -OCH3 is 1. The fourth-order valence-electron chi connectivity index (χ4n) is 2.44. The highest BCUT2D eigenvalue weighted by atomic mass is 32.1. The molecule has 2 N–H and O–H groups in total. The Morgan fingerprint density at radius 3 is 2.72 bits per heavy atom. The van der Waals surface area contributed by atoms with E-state index in [4.69, 9.17) is 5.11 Å². The first-order valence-corrected chi connectivity index (χ1v) is 8.08. The van der Waals surface area contributed by atoms with Crippen LogP contribution in [-0.4, -0.2) is 38.8 Å². The highest BCUT2D eigenvalue weighted by molar-refractivity contribution is 7.16. The van der Waals surface area contributed by atoms with Gasteiger partial charge in [0.15, 0.2) is 4.88 Å². The fourth-order valence-corrected chi connectivity index (χ4v) is 3.44. The van der Waals surface area contributed by atoms with Crippen LogP contribution in [0, 0.1) is 0 Å². The number of hydrogen-bond donors (Lipinski definition) is 2. The quantitative estimate of drug-likeness (QED) is 0.694. The average molecular weight is 358 g/mol. The van der Waals surface area contributed by atoms with Gasteiger partial charge in [-0.25, -0.2) is 14.6 Å². The molecule has 8 heteroatoms. The van der Waals surface area contributed by atoms with Crippen molar-refractivity contribution >= 4 is 40.4 Å². The highest BCUT2D eigenvalue weighted by Crippen LogP contribution is 2.34. The van der Waals surface area contributed by atoms with E-state index in [1.165, 1.54) is 25.3 Å². The van der Waals surface area contributed by atoms with E-state index in [-0.39, 0.29) is 16.2 Å². The smallest absolute Gasteiger partial charge is 0.351 e. The number of hydrogen-bond acceptors (Lipinski definition) is 6. The molecule has 2 aromatic heterocycles. The number of esters is 1. The van der Waals surface area contributed by atoms with Crippen molar-refractivity contribution < 1.29 is 24.5 Å². The molecule has 3 aromatic rings. The Labute approximate surface area is 146 Å². The number of ether oxygens (including phenoxy) is 1. The number of allylic oxidation sites excluding steroid dienone is 1. The Morgan fingerprint density at radius 2 is 2.08 bits per heavy atom. The third-order valence-electron chi connectivity index (χ3n) is 3.53. The van der Waals surface area contributed by atoms with Crippen molar-refractivity contribution in [3.63, 3.8) is 0 Å². The minimum Gasteiger partial charge on any atom is -0.506 e. The largest absolute Gasteiger partial charge is 0.506 e. The van der Waals surface area contributed by atoms with Crippen LogP contribution < -0.4 is 0 Å². The molecule has 0 saturated carbocycles. The zero-order chi connectivity index (χ0) is 18.1. The van der Waals surface area contributed by atoms with E-state index in [0.717, 1.165) is 11.3 Å². The molecule has 0 aliphatic carbocycles. The lowest BCUT2D eigenvalue weighted by Gasteiger charge is -2.03. The molecule has 0 bridgehead atoms. The van der Waals surface area contributed by atoms with Crippen LogP contribution in [0.15, 0.2) is 30.3 Å². The summed E-state index contributed by atoms with van der Waals surface area (Å²) in [5.74, 6) is -1.29. The maximum Gasteiger partial charge on any atom is 0.351 e. The SMILES string of the molecule is CC=Cc1nc2cc(C(=O)O)ccc2n1-c1cc(O)c(C(=O)OC)s1. The number of carboxylic acids is 1. The number of fused-ring (bicyclic) bond motifs is 1. The van der Waals surface area contributed by atoms with Gasteiger partial charge >= 0.3 is 11.9 Å². The first-order valence-electron chi connectivity index (χ1n) is 7.26. The predicted molar refractivity (Wildman–Crippen MR) is 93.6 cm³/mol. The van der Waals surface area contributed by atoms with Crippen LogP contribution in [0.1, 0.15) is 32.8 Å². The van der Waals surface area contributed by atoms with Crippen molar-refractivity contribution in [2.75, 3.05) is 7.11 Å². The van der Waals surface area contributed by atoms with Gasteiger partial charge in [-0.05, 0) is 31.2 Å². The van der Waals surface area contributed by atoms with Gasteiger partial charge in [-0.3, -0.25) is 4.57 Å². The second kappa shape index (κ2) is 6.40. The molecule has 0 aliphatic heterocycles. The standard InChI is InChI=1S/C17H14N2O5S/c1-3-4-13-18-10-7-9(16(21)22)5-6-11(10)19(13)14-8-12(20)15(25-14)17(23)24-2/h3-8,20H,1-2H3,(H,21,22). The lowest BCUT2D eigenvalue weighted by atomic mass is 10.2. The summed E-state index contributed by atoms with van der Waals surface area (Å²) in [5.41, 5.74) is 1.30. The first-order chi connectivity index (χ1) is 12.0. The van der Waals surface area contributed by atoms with Crippen molar-refractivity contribution in [2.24, 2.45) is 0 Å². The van der Waals surface area contributed by atoms with E-state index in [1.54, 1.807) is 22.8 Å². The molecule has 128 valence electrons. The lowest BCUT2D eigenvalue weighted by Crippen LogP contribution is -1.98. The van der Waals surface area contributed by atoms with Crippen LogP contribution >= 0.6 is 11.3 Å². The molecule has 0 spiro atoms. The third-order valence-corrected chi connectivity index (χ3v) is 4.62. The van der Waals surface area contributed by atoms with Gasteiger partial charge in [0.2, 0.25) is 0 Å². The molecular formula is C17H14N2O5S. The third kappa shape index (κ3) is 2.87. The molecule has 0 aliphatic rings. The van der Waals surface area contributed by atoms with Crippen LogP contribution in [0.3, 0.4) is 0 Å². The Balaban J connectivity index is 2.25. The minimum absolute atomic E-state index is 0.0907. The normalized spacial score (nSPS) is 11.3. The zero-order valence-electron chi connectivity index (χ0n) is 13.4. The monoisotopic (exact) mass is 358 g/mol. The Bertz CT molecular complexity index is 1020. The van der Waals surface area contributed by atoms with Crippen LogP contribution in [0.4, 0.5) is 0 Å². The number of aromatic nitrogens is 2. The maximum atomic E-state index is 11.7. The lowest BCUT2D eigenvalue weighted by molar-refractivity contribution is 0.0602. The number of carbonyl (C=O) groups is 2. The molecule has 7 nitrogen and oxygen atoms in total. The summed E-state index contributed by atoms with van der Waals surface area (Å²) < 4.78 is 6.41. The Kier molecular flexibility index (Phi) is 4.28. The van der Waals surface area contributed by atoms with Crippen molar-refractivity contribution in [3.05, 3.63) is 46.6 Å². The molecule has 0 radical (unpaired) electrons. The number of aromatic hydroxyl groups is 1. The number of aromatic carboxylic acids is 1. The predicted octanol–water partition coefficient (Wildman–Crippen LogP) is 3.31. The van der Waals surface area contributed by atoms with Crippen LogP contribution in [-0.2, 0) is 4.74 Å². The molecule has 25 heavy (non-hydrogen) atoms. The topological polar surface area (TPSA) is 102 Å². The molecule has 2 heterocycles. The second-order valence-electron chi connectivity index (χ2n) is 5.10. The summed E-state index contributed by atoms with van der Waals surface area (Å²) in [4.78, 5) is 27.4. The Morgan fingerprint density at radius 1 is 1.32 bits per heavy atom. The number of benzene rings is 1. The summed E-state index contributed by atoms with van der Waals surface area (Å²) in [6.45, 7) is 1.83. The van der Waals surface area contributed by atoms with E-state index >= 15 is 0 Å². The molecule has 0 amide bonds. The summed E-state index contributed by atoms with van der Waals surface area (Å²) >= 11 is 1.06. The molecule has 0 fully saturated rings. The van der Waals surface area contributed by atoms with Gasteiger partial charge in [-0.2, -0.15) is 0 Å². The Hall–Kier alpha value is -3.13. The summed E-state index contributed by atoms with van der Waals surface area (Å²) in [6, 6.07) is 6.07. The minimum atomic E-state index is -1.04. The van der Waals surface area contributed by atoms with Crippen LogP contribution in [0.5, 0.6) is 5.75 Å². The van der Waals surface area contributed by atoms with E-state index in [2.05, 4.69) is 9.72 Å². The van der Waals surface area contributed by atoms with Crippen molar-refractivity contribution in [1.82, 2.24) is 9.55 Å². The van der Waals surface area contributed by atoms with Gasteiger partial charge in [-0.15, -0.1) is 11.3 Å². The van der Waals surface area contributed by atoms with E-state index < -0.39 is 11.9 Å². The molecule has 0 atom stereocenters. The van der Waals surface area contributed by atoms with E-state index in [9.17, 15) is 14.7 Å². The summed E-state index contributed by atoms with van der Waals surface area (Å²) in [7, 11) is 1.24. The number of thiophene rings is 1. The fraction of sp³-hybridized carbons (Fsp3) is 0.118. The number of rotatable bonds is 4. The number of imidazole rings is 1. The van der Waals surface area contributed by atoms with Crippen molar-refractivity contribution in [3.8, 4) is 10.8 Å². The molecular weight excluding hydrogens is 344 g/mol. The maximum absolute atomic E-state index is 11.7. The van der Waals surface area contributed by atoms with Gasteiger partial charge < -0.3 is 14.9 Å². The van der Waals surface area contributed by atoms with Gasteiger partial charge in [0.25, 0.3) is 0 Å². The van der Waals surface area contributed by atoms with Crippen LogP contribution in [0.25, 0.3) is 22.1 Å². The van der Waals surface area contributed by atoms with Crippen molar-refractivity contribution in [2.45, 2.75) is 6.92 Å².